The SMILES string of the molecule is Cc1ccc2nc(C3CCN(C(=O)c4ccc5c(c4)C(=O)N(Cc4ccco4)C5=O)CC3)[nH]c2c1. The van der Waals surface area contributed by atoms with Crippen LogP contribution < -0.4 is 0 Å². The van der Waals surface area contributed by atoms with Crippen molar-refractivity contribution >= 4 is 28.8 Å². The van der Waals surface area contributed by atoms with Crippen molar-refractivity contribution < 1.29 is 18.8 Å². The maximum absolute atomic E-state index is 13.2. The van der Waals surface area contributed by atoms with Crippen molar-refractivity contribution in [3.63, 3.8) is 0 Å². The summed E-state index contributed by atoms with van der Waals surface area (Å²) < 4.78 is 5.28. The molecule has 0 atom stereocenters. The average Bonchev–Trinajstić information content (AvgIpc) is 3.59. The van der Waals surface area contributed by atoms with Gasteiger partial charge in [-0.1, -0.05) is 6.07 Å². The molecule has 0 spiro atoms. The largest absolute Gasteiger partial charge is 0.467 e. The van der Waals surface area contributed by atoms with Crippen LogP contribution in [0.1, 0.15) is 67.0 Å². The zero-order chi connectivity index (χ0) is 24.1. The zero-order valence-electron chi connectivity index (χ0n) is 19.3. The molecule has 2 aliphatic rings. The topological polar surface area (TPSA) is 99.5 Å². The number of rotatable bonds is 4. The lowest BCUT2D eigenvalue weighted by molar-refractivity contribution is 0.0631. The number of fused-ring (bicyclic) bond motifs is 2. The fraction of sp³-hybridized carbons (Fsp3) is 0.259. The second-order valence-electron chi connectivity index (χ2n) is 9.25. The number of imide groups is 1. The molecule has 2 aliphatic heterocycles. The number of benzene rings is 2. The third-order valence-electron chi connectivity index (χ3n) is 6.94. The predicted molar refractivity (Wildman–Crippen MR) is 128 cm³/mol. The van der Waals surface area contributed by atoms with Crippen LogP contribution in [0, 0.1) is 6.92 Å². The highest BCUT2D eigenvalue weighted by Gasteiger charge is 2.37. The number of furan rings is 1. The van der Waals surface area contributed by atoms with Crippen LogP contribution in [0.3, 0.4) is 0 Å². The second-order valence-corrected chi connectivity index (χ2v) is 9.25. The molecule has 1 fully saturated rings. The number of hydrogen-bond acceptors (Lipinski definition) is 5. The normalized spacial score (nSPS) is 16.4. The van der Waals surface area contributed by atoms with Crippen LogP contribution in [0.2, 0.25) is 0 Å². The summed E-state index contributed by atoms with van der Waals surface area (Å²) in [6.45, 7) is 3.34. The minimum absolute atomic E-state index is 0.0670. The number of likely N-dealkylation sites (tertiary alicyclic amines) is 1. The van der Waals surface area contributed by atoms with E-state index in [0.29, 0.717) is 30.0 Å². The summed E-state index contributed by atoms with van der Waals surface area (Å²) in [5.41, 5.74) is 4.19. The van der Waals surface area contributed by atoms with Gasteiger partial charge in [0.2, 0.25) is 0 Å². The van der Waals surface area contributed by atoms with E-state index >= 15 is 0 Å². The minimum Gasteiger partial charge on any atom is -0.467 e. The molecular weight excluding hydrogens is 444 g/mol. The molecule has 2 aromatic heterocycles. The minimum atomic E-state index is -0.408. The average molecular weight is 469 g/mol. The van der Waals surface area contributed by atoms with Crippen molar-refractivity contribution in [3.05, 3.63) is 88.6 Å². The van der Waals surface area contributed by atoms with E-state index in [9.17, 15) is 14.4 Å². The molecule has 4 aromatic rings. The summed E-state index contributed by atoms with van der Waals surface area (Å²) >= 11 is 0. The molecule has 2 aromatic carbocycles. The first-order valence-electron chi connectivity index (χ1n) is 11.8. The summed E-state index contributed by atoms with van der Waals surface area (Å²) in [7, 11) is 0. The highest BCUT2D eigenvalue weighted by atomic mass is 16.3. The van der Waals surface area contributed by atoms with Gasteiger partial charge >= 0.3 is 0 Å². The van der Waals surface area contributed by atoms with Crippen molar-refractivity contribution in [1.82, 2.24) is 19.8 Å². The highest BCUT2D eigenvalue weighted by molar-refractivity contribution is 6.22. The van der Waals surface area contributed by atoms with Crippen molar-refractivity contribution in [1.29, 1.82) is 0 Å². The van der Waals surface area contributed by atoms with Gasteiger partial charge < -0.3 is 14.3 Å². The fourth-order valence-corrected chi connectivity index (χ4v) is 5.00. The summed E-state index contributed by atoms with van der Waals surface area (Å²) in [6, 6.07) is 14.4. The van der Waals surface area contributed by atoms with Gasteiger partial charge in [0, 0.05) is 24.6 Å². The molecule has 176 valence electrons. The Kier molecular flexibility index (Phi) is 5.02. The van der Waals surface area contributed by atoms with Gasteiger partial charge in [-0.3, -0.25) is 19.3 Å². The lowest BCUT2D eigenvalue weighted by Gasteiger charge is -2.31. The van der Waals surface area contributed by atoms with Crippen LogP contribution >= 0.6 is 0 Å². The van der Waals surface area contributed by atoms with E-state index in [1.165, 1.54) is 11.8 Å². The number of H-pyrrole nitrogens is 1. The number of nitrogens with one attached hydrogen (secondary N) is 1. The number of aromatic nitrogens is 2. The molecule has 0 unspecified atom stereocenters. The Bertz CT molecular complexity index is 1460. The van der Waals surface area contributed by atoms with E-state index in [-0.39, 0.29) is 29.8 Å². The number of carbonyl (C=O) groups excluding carboxylic acids is 3. The standard InChI is InChI=1S/C27H24N4O4/c1-16-4-7-22-23(13-16)29-24(28-22)17-8-10-30(11-9-17)25(32)18-5-6-20-21(14-18)27(34)31(26(20)33)15-19-3-2-12-35-19/h2-7,12-14,17H,8-11,15H2,1H3,(H,28,29). The van der Waals surface area contributed by atoms with E-state index in [2.05, 4.69) is 24.0 Å². The van der Waals surface area contributed by atoms with Crippen molar-refractivity contribution in [2.75, 3.05) is 13.1 Å². The quantitative estimate of drug-likeness (QED) is 0.451. The second kappa shape index (κ2) is 8.23. The number of hydrogen-bond donors (Lipinski definition) is 1. The molecule has 1 saturated heterocycles. The number of aryl methyl sites for hydroxylation is 1. The van der Waals surface area contributed by atoms with Gasteiger partial charge in [0.25, 0.3) is 17.7 Å². The van der Waals surface area contributed by atoms with Crippen LogP contribution in [-0.2, 0) is 6.54 Å². The van der Waals surface area contributed by atoms with E-state index in [1.807, 2.05) is 11.0 Å². The molecule has 0 aliphatic carbocycles. The summed E-state index contributed by atoms with van der Waals surface area (Å²) in [5.74, 6) is 0.851. The Balaban J connectivity index is 1.15. The first-order valence-corrected chi connectivity index (χ1v) is 11.8. The smallest absolute Gasteiger partial charge is 0.261 e. The molecule has 0 bridgehead atoms. The van der Waals surface area contributed by atoms with Crippen LogP contribution in [0.25, 0.3) is 11.0 Å². The predicted octanol–water partition coefficient (Wildman–Crippen LogP) is 4.28. The van der Waals surface area contributed by atoms with Crippen LogP contribution in [-0.4, -0.2) is 50.6 Å². The molecule has 8 nitrogen and oxygen atoms in total. The molecule has 0 saturated carbocycles. The fourth-order valence-electron chi connectivity index (χ4n) is 5.00. The Labute approximate surface area is 201 Å². The molecule has 8 heteroatoms. The van der Waals surface area contributed by atoms with E-state index in [0.717, 1.165) is 34.6 Å². The van der Waals surface area contributed by atoms with Crippen molar-refractivity contribution in [2.45, 2.75) is 32.2 Å². The Morgan fingerprint density at radius 2 is 1.86 bits per heavy atom. The Morgan fingerprint density at radius 3 is 2.63 bits per heavy atom. The van der Waals surface area contributed by atoms with Gasteiger partial charge in [-0.05, 0) is 67.8 Å². The number of nitrogens with zero attached hydrogens (tertiary/aromatic N) is 3. The third-order valence-corrected chi connectivity index (χ3v) is 6.94. The number of carbonyl (C=O) groups is 3. The van der Waals surface area contributed by atoms with Gasteiger partial charge in [-0.2, -0.15) is 0 Å². The Hall–Kier alpha value is -4.20. The van der Waals surface area contributed by atoms with Crippen LogP contribution in [0.5, 0.6) is 0 Å². The van der Waals surface area contributed by atoms with E-state index < -0.39 is 5.91 Å². The molecule has 3 amide bonds. The van der Waals surface area contributed by atoms with E-state index in [4.69, 9.17) is 9.40 Å². The number of piperidine rings is 1. The lowest BCUT2D eigenvalue weighted by Crippen LogP contribution is -2.38. The summed E-state index contributed by atoms with van der Waals surface area (Å²) in [5, 5.41) is 0. The van der Waals surface area contributed by atoms with Gasteiger partial charge in [-0.15, -0.1) is 0 Å². The van der Waals surface area contributed by atoms with Crippen LogP contribution in [0.15, 0.2) is 59.2 Å². The number of imidazole rings is 1. The molecule has 35 heavy (non-hydrogen) atoms. The summed E-state index contributed by atoms with van der Waals surface area (Å²) in [4.78, 5) is 50.0. The van der Waals surface area contributed by atoms with Gasteiger partial charge in [0.1, 0.15) is 11.6 Å². The monoisotopic (exact) mass is 468 g/mol. The van der Waals surface area contributed by atoms with Crippen LogP contribution in [0.4, 0.5) is 0 Å². The molecule has 1 N–H and O–H groups in total. The number of amides is 3. The zero-order valence-corrected chi connectivity index (χ0v) is 19.3. The highest BCUT2D eigenvalue weighted by Crippen LogP contribution is 2.30. The van der Waals surface area contributed by atoms with Gasteiger partial charge in [0.15, 0.2) is 0 Å². The molecule has 4 heterocycles. The lowest BCUT2D eigenvalue weighted by atomic mass is 9.95. The van der Waals surface area contributed by atoms with Crippen molar-refractivity contribution in [2.24, 2.45) is 0 Å². The van der Waals surface area contributed by atoms with Gasteiger partial charge in [0.05, 0.1) is 35.0 Å². The third kappa shape index (κ3) is 3.71. The number of aromatic amines is 1. The maximum atomic E-state index is 13.2. The summed E-state index contributed by atoms with van der Waals surface area (Å²) in [6.07, 6.45) is 3.12. The first kappa shape index (κ1) is 21.3. The molecule has 6 rings (SSSR count). The van der Waals surface area contributed by atoms with Gasteiger partial charge in [-0.25, -0.2) is 4.98 Å². The molecular formula is C27H24N4O4. The first-order chi connectivity index (χ1) is 17.0. The van der Waals surface area contributed by atoms with E-state index in [1.54, 1.807) is 30.3 Å². The van der Waals surface area contributed by atoms with Crippen molar-refractivity contribution in [3.8, 4) is 0 Å². The Morgan fingerprint density at radius 1 is 1.06 bits per heavy atom. The maximum Gasteiger partial charge on any atom is 0.261 e. The molecule has 0 radical (unpaired) electrons.